The van der Waals surface area contributed by atoms with Crippen molar-refractivity contribution in [1.82, 2.24) is 15.0 Å². The maximum atomic E-state index is 13.1. The third-order valence-corrected chi connectivity index (χ3v) is 3.42. The minimum absolute atomic E-state index is 0.161. The first-order chi connectivity index (χ1) is 11.2. The summed E-state index contributed by atoms with van der Waals surface area (Å²) in [7, 11) is 0. The van der Waals surface area contributed by atoms with Gasteiger partial charge in [-0.05, 0) is 42.3 Å². The van der Waals surface area contributed by atoms with Crippen molar-refractivity contribution >= 4 is 11.6 Å². The number of hydrogen-bond acceptors (Lipinski definition) is 3. The highest BCUT2D eigenvalue weighted by atomic mass is 19.1. The molecule has 0 aliphatic heterocycles. The van der Waals surface area contributed by atoms with Crippen LogP contribution in [0.3, 0.4) is 0 Å². The molecule has 0 radical (unpaired) electrons. The highest BCUT2D eigenvalue weighted by molar-refractivity contribution is 6.02. The lowest BCUT2D eigenvalue weighted by atomic mass is 10.1. The van der Waals surface area contributed by atoms with E-state index in [1.165, 1.54) is 34.6 Å². The van der Waals surface area contributed by atoms with Crippen LogP contribution in [-0.2, 0) is 6.42 Å². The first kappa shape index (κ1) is 14.9. The summed E-state index contributed by atoms with van der Waals surface area (Å²) in [5.74, 6) is -0.852. The molecule has 0 unspecified atom stereocenters. The number of anilines is 1. The molecule has 3 aromatic rings. The van der Waals surface area contributed by atoms with Crippen LogP contribution in [0.4, 0.5) is 10.1 Å². The van der Waals surface area contributed by atoms with Crippen LogP contribution < -0.4 is 5.32 Å². The lowest BCUT2D eigenvalue weighted by Gasteiger charge is -2.02. The quantitative estimate of drug-likeness (QED) is 0.805. The van der Waals surface area contributed by atoms with Crippen LogP contribution in [0.1, 0.15) is 23.0 Å². The molecule has 0 saturated carbocycles. The molecule has 1 amide bonds. The van der Waals surface area contributed by atoms with Gasteiger partial charge in [-0.3, -0.25) is 4.79 Å². The lowest BCUT2D eigenvalue weighted by Crippen LogP contribution is -2.12. The molecular formula is C17H15FN4O. The van der Waals surface area contributed by atoms with Crippen molar-refractivity contribution in [3.63, 3.8) is 0 Å². The van der Waals surface area contributed by atoms with Crippen molar-refractivity contribution in [3.05, 3.63) is 71.8 Å². The van der Waals surface area contributed by atoms with Crippen molar-refractivity contribution in [2.75, 3.05) is 5.32 Å². The smallest absolute Gasteiger partial charge is 0.277 e. The molecule has 0 bridgehead atoms. The second kappa shape index (κ2) is 6.39. The summed E-state index contributed by atoms with van der Waals surface area (Å²) in [6.07, 6.45) is 2.49. The van der Waals surface area contributed by atoms with Crippen molar-refractivity contribution in [2.24, 2.45) is 0 Å². The Morgan fingerprint density at radius 1 is 1.22 bits per heavy atom. The molecule has 116 valence electrons. The van der Waals surface area contributed by atoms with E-state index in [2.05, 4.69) is 22.6 Å². The first-order valence-electron chi connectivity index (χ1n) is 7.24. The number of nitrogens with zero attached hydrogens (tertiary/aromatic N) is 3. The number of aryl methyl sites for hydroxylation is 1. The summed E-state index contributed by atoms with van der Waals surface area (Å²) < 4.78 is 14.7. The number of carbonyl (C=O) groups is 1. The van der Waals surface area contributed by atoms with Gasteiger partial charge in [-0.25, -0.2) is 9.07 Å². The van der Waals surface area contributed by atoms with Crippen molar-refractivity contribution < 1.29 is 9.18 Å². The molecule has 0 aliphatic rings. The summed E-state index contributed by atoms with van der Waals surface area (Å²) in [6.45, 7) is 2.08. The van der Waals surface area contributed by atoms with Gasteiger partial charge in [-0.15, -0.1) is 5.10 Å². The second-order valence-corrected chi connectivity index (χ2v) is 5.03. The SMILES string of the molecule is CCc1ccc(-n2cc(C(=O)Nc3cccc(F)c3)nn2)cc1. The van der Waals surface area contributed by atoms with Gasteiger partial charge in [0.15, 0.2) is 5.69 Å². The molecule has 0 aliphatic carbocycles. The Labute approximate surface area is 132 Å². The molecule has 0 spiro atoms. The molecule has 0 saturated heterocycles. The molecule has 1 N–H and O–H groups in total. The van der Waals surface area contributed by atoms with E-state index in [-0.39, 0.29) is 5.69 Å². The van der Waals surface area contributed by atoms with Gasteiger partial charge in [0.2, 0.25) is 0 Å². The molecule has 1 heterocycles. The van der Waals surface area contributed by atoms with Gasteiger partial charge in [0.25, 0.3) is 5.91 Å². The third kappa shape index (κ3) is 3.42. The first-order valence-corrected chi connectivity index (χ1v) is 7.24. The van der Waals surface area contributed by atoms with E-state index < -0.39 is 11.7 Å². The highest BCUT2D eigenvalue weighted by Gasteiger charge is 2.12. The normalized spacial score (nSPS) is 10.5. The van der Waals surface area contributed by atoms with Gasteiger partial charge in [-0.1, -0.05) is 30.3 Å². The van der Waals surface area contributed by atoms with Crippen molar-refractivity contribution in [1.29, 1.82) is 0 Å². The van der Waals surface area contributed by atoms with E-state index in [1.807, 2.05) is 24.3 Å². The zero-order chi connectivity index (χ0) is 16.2. The van der Waals surface area contributed by atoms with Crippen LogP contribution in [0.5, 0.6) is 0 Å². The monoisotopic (exact) mass is 310 g/mol. The largest absolute Gasteiger partial charge is 0.320 e. The van der Waals surface area contributed by atoms with Crippen molar-refractivity contribution in [3.8, 4) is 5.69 Å². The minimum Gasteiger partial charge on any atom is -0.320 e. The van der Waals surface area contributed by atoms with Crippen LogP contribution in [0.2, 0.25) is 0 Å². The summed E-state index contributed by atoms with van der Waals surface area (Å²) in [5, 5.41) is 10.4. The van der Waals surface area contributed by atoms with Crippen LogP contribution in [-0.4, -0.2) is 20.9 Å². The van der Waals surface area contributed by atoms with Crippen LogP contribution in [0.15, 0.2) is 54.7 Å². The fourth-order valence-corrected chi connectivity index (χ4v) is 2.14. The Morgan fingerprint density at radius 3 is 2.70 bits per heavy atom. The number of amides is 1. The molecular weight excluding hydrogens is 295 g/mol. The maximum Gasteiger partial charge on any atom is 0.277 e. The number of halogens is 1. The minimum atomic E-state index is -0.438. The molecule has 3 rings (SSSR count). The van der Waals surface area contributed by atoms with Crippen molar-refractivity contribution in [2.45, 2.75) is 13.3 Å². The fourth-order valence-electron chi connectivity index (χ4n) is 2.14. The Hall–Kier alpha value is -3.02. The van der Waals surface area contributed by atoms with E-state index in [4.69, 9.17) is 0 Å². The van der Waals surface area contributed by atoms with Gasteiger partial charge in [-0.2, -0.15) is 0 Å². The highest BCUT2D eigenvalue weighted by Crippen LogP contribution is 2.12. The molecule has 23 heavy (non-hydrogen) atoms. The van der Waals surface area contributed by atoms with Gasteiger partial charge >= 0.3 is 0 Å². The molecule has 5 nitrogen and oxygen atoms in total. The van der Waals surface area contributed by atoms with Gasteiger partial charge in [0.1, 0.15) is 5.82 Å². The number of benzene rings is 2. The Bertz CT molecular complexity index is 827. The summed E-state index contributed by atoms with van der Waals surface area (Å²) in [6, 6.07) is 13.5. The summed E-state index contributed by atoms with van der Waals surface area (Å²) in [5.41, 5.74) is 2.57. The summed E-state index contributed by atoms with van der Waals surface area (Å²) >= 11 is 0. The zero-order valence-electron chi connectivity index (χ0n) is 12.5. The van der Waals surface area contributed by atoms with Crippen LogP contribution in [0.25, 0.3) is 5.69 Å². The predicted molar refractivity (Wildman–Crippen MR) is 85.1 cm³/mol. The van der Waals surface area contributed by atoms with Gasteiger partial charge < -0.3 is 5.32 Å². The van der Waals surface area contributed by atoms with Crippen LogP contribution >= 0.6 is 0 Å². The third-order valence-electron chi connectivity index (χ3n) is 3.42. The average Bonchev–Trinajstić information content (AvgIpc) is 3.05. The van der Waals surface area contributed by atoms with E-state index in [0.29, 0.717) is 5.69 Å². The Balaban J connectivity index is 1.76. The molecule has 0 fully saturated rings. The number of aromatic nitrogens is 3. The number of rotatable bonds is 4. The molecule has 6 heteroatoms. The van der Waals surface area contributed by atoms with E-state index in [9.17, 15) is 9.18 Å². The van der Waals surface area contributed by atoms with Gasteiger partial charge in [0, 0.05) is 5.69 Å². The molecule has 1 aromatic heterocycles. The maximum absolute atomic E-state index is 13.1. The van der Waals surface area contributed by atoms with E-state index in [0.717, 1.165) is 12.1 Å². The summed E-state index contributed by atoms with van der Waals surface area (Å²) in [4.78, 5) is 12.1. The molecule has 0 atom stereocenters. The van der Waals surface area contributed by atoms with E-state index in [1.54, 1.807) is 6.07 Å². The topological polar surface area (TPSA) is 59.8 Å². The number of carbonyl (C=O) groups excluding carboxylic acids is 1. The Kier molecular flexibility index (Phi) is 4.14. The average molecular weight is 310 g/mol. The number of hydrogen-bond donors (Lipinski definition) is 1. The number of nitrogens with one attached hydrogen (secondary N) is 1. The van der Waals surface area contributed by atoms with Crippen LogP contribution in [0, 0.1) is 5.82 Å². The standard InChI is InChI=1S/C17H15FN4O/c1-2-12-6-8-15(9-7-12)22-11-16(20-21-22)17(23)19-14-5-3-4-13(18)10-14/h3-11H,2H2,1H3,(H,19,23). The fraction of sp³-hybridized carbons (Fsp3) is 0.118. The van der Waals surface area contributed by atoms with E-state index >= 15 is 0 Å². The lowest BCUT2D eigenvalue weighted by molar-refractivity contribution is 0.102. The molecule has 2 aromatic carbocycles. The van der Waals surface area contributed by atoms with Gasteiger partial charge in [0.05, 0.1) is 11.9 Å². The zero-order valence-corrected chi connectivity index (χ0v) is 12.5. The predicted octanol–water partition coefficient (Wildman–Crippen LogP) is 3.22. The second-order valence-electron chi connectivity index (χ2n) is 5.03. The Morgan fingerprint density at radius 2 is 2.00 bits per heavy atom.